The molecule has 4 fully saturated rings. The maximum absolute atomic E-state index is 13.8. The predicted octanol–water partition coefficient (Wildman–Crippen LogP) is 1.14. The quantitative estimate of drug-likeness (QED) is 0.661. The Morgan fingerprint density at radius 2 is 2.00 bits per heavy atom. The number of fused-ring (bicyclic) bond motifs is 4. The summed E-state index contributed by atoms with van der Waals surface area (Å²) >= 11 is 0. The SMILES string of the molecule is CN(C)[C@H]1CCN(C(=O)[C@H]2[C@@H]3C[C@@H](CN(CCCn4cccn4)C3)[C@@H]3CCCC(=O)N32)C1. The van der Waals surface area contributed by atoms with Crippen molar-refractivity contribution >= 4 is 11.8 Å². The average molecular weight is 443 g/mol. The number of rotatable bonds is 6. The molecule has 0 spiro atoms. The standard InChI is InChI=1S/C24H38N6O2/c1-26(2)20-8-13-28(17-20)24(32)23-19-14-18(21-6-3-7-22(31)30(21)23)15-27(16-19)10-5-12-29-11-4-9-25-29/h4,9,11,18-21,23H,3,5-8,10,12-17H2,1-2H3/t18-,19+,20-,21-,23+/m0/s1. The lowest BCUT2D eigenvalue weighted by Crippen LogP contribution is -2.68. The lowest BCUT2D eigenvalue weighted by molar-refractivity contribution is -0.164. The lowest BCUT2D eigenvalue weighted by atomic mass is 9.71. The van der Waals surface area contributed by atoms with Gasteiger partial charge >= 0.3 is 0 Å². The molecule has 0 aromatic carbocycles. The third-order valence-corrected chi connectivity index (χ3v) is 8.30. The first-order valence-corrected chi connectivity index (χ1v) is 12.5. The Balaban J connectivity index is 1.31. The van der Waals surface area contributed by atoms with E-state index in [0.29, 0.717) is 18.4 Å². The Morgan fingerprint density at radius 1 is 1.16 bits per heavy atom. The van der Waals surface area contributed by atoms with Crippen molar-refractivity contribution in [3.8, 4) is 0 Å². The topological polar surface area (TPSA) is 64.9 Å². The van der Waals surface area contributed by atoms with Gasteiger partial charge in [-0.05, 0) is 64.7 Å². The van der Waals surface area contributed by atoms with Crippen molar-refractivity contribution in [1.82, 2.24) is 29.4 Å². The Kier molecular flexibility index (Phi) is 6.25. The van der Waals surface area contributed by atoms with Crippen LogP contribution in [0.4, 0.5) is 0 Å². The van der Waals surface area contributed by atoms with Gasteiger partial charge in [0.25, 0.3) is 0 Å². The molecule has 1 aromatic heterocycles. The van der Waals surface area contributed by atoms with Gasteiger partial charge in [-0.3, -0.25) is 14.3 Å². The molecule has 8 heteroatoms. The number of likely N-dealkylation sites (N-methyl/N-ethyl adjacent to an activating group) is 1. The summed E-state index contributed by atoms with van der Waals surface area (Å²) < 4.78 is 1.99. The van der Waals surface area contributed by atoms with E-state index in [0.717, 1.165) is 71.4 Å². The highest BCUT2D eigenvalue weighted by Gasteiger charge is 2.53. The molecule has 0 radical (unpaired) electrons. The minimum absolute atomic E-state index is 0.205. The molecule has 0 aliphatic carbocycles. The van der Waals surface area contributed by atoms with Crippen LogP contribution in [0.15, 0.2) is 18.5 Å². The number of hydrogen-bond acceptors (Lipinski definition) is 5. The Morgan fingerprint density at radius 3 is 2.75 bits per heavy atom. The number of carbonyl (C=O) groups excluding carboxylic acids is 2. The van der Waals surface area contributed by atoms with Crippen molar-refractivity contribution in [3.05, 3.63) is 18.5 Å². The number of piperidine rings is 3. The van der Waals surface area contributed by atoms with Crippen LogP contribution in [0.2, 0.25) is 0 Å². The summed E-state index contributed by atoms with van der Waals surface area (Å²) in [5, 5.41) is 4.32. The molecule has 2 bridgehead atoms. The zero-order valence-corrected chi connectivity index (χ0v) is 19.6. The van der Waals surface area contributed by atoms with Crippen molar-refractivity contribution in [2.45, 2.75) is 63.2 Å². The van der Waals surface area contributed by atoms with Crippen LogP contribution in [0.5, 0.6) is 0 Å². The fourth-order valence-corrected chi connectivity index (χ4v) is 6.69. The van der Waals surface area contributed by atoms with Gasteiger partial charge in [0.1, 0.15) is 6.04 Å². The Hall–Kier alpha value is -1.93. The minimum Gasteiger partial charge on any atom is -0.339 e. The van der Waals surface area contributed by atoms with Gasteiger partial charge in [-0.15, -0.1) is 0 Å². The van der Waals surface area contributed by atoms with Crippen LogP contribution in [0.25, 0.3) is 0 Å². The van der Waals surface area contributed by atoms with Crippen LogP contribution in [-0.4, -0.2) is 106 Å². The number of aryl methyl sites for hydroxylation is 1. The monoisotopic (exact) mass is 442 g/mol. The second-order valence-corrected chi connectivity index (χ2v) is 10.5. The van der Waals surface area contributed by atoms with E-state index in [1.165, 1.54) is 0 Å². The van der Waals surface area contributed by atoms with E-state index in [4.69, 9.17) is 0 Å². The fraction of sp³-hybridized carbons (Fsp3) is 0.792. The summed E-state index contributed by atoms with van der Waals surface area (Å²) in [7, 11) is 4.19. The van der Waals surface area contributed by atoms with Crippen molar-refractivity contribution in [1.29, 1.82) is 0 Å². The molecule has 8 nitrogen and oxygen atoms in total. The van der Waals surface area contributed by atoms with Gasteiger partial charge in [0.2, 0.25) is 11.8 Å². The average Bonchev–Trinajstić information content (AvgIpc) is 3.47. The molecule has 4 saturated heterocycles. The van der Waals surface area contributed by atoms with E-state index in [1.54, 1.807) is 0 Å². The van der Waals surface area contributed by atoms with E-state index in [-0.39, 0.29) is 29.8 Å². The first-order valence-electron chi connectivity index (χ1n) is 12.5. The highest BCUT2D eigenvalue weighted by Crippen LogP contribution is 2.42. The van der Waals surface area contributed by atoms with E-state index in [9.17, 15) is 9.59 Å². The van der Waals surface area contributed by atoms with Crippen LogP contribution in [0, 0.1) is 11.8 Å². The number of amides is 2. The molecular formula is C24H38N6O2. The summed E-state index contributed by atoms with van der Waals surface area (Å²) in [6, 6.07) is 2.37. The predicted molar refractivity (Wildman–Crippen MR) is 122 cm³/mol. The third kappa shape index (κ3) is 4.19. The Bertz CT molecular complexity index is 811. The number of hydrogen-bond donors (Lipinski definition) is 0. The summed E-state index contributed by atoms with van der Waals surface area (Å²) in [6.07, 6.45) is 9.64. The van der Waals surface area contributed by atoms with Crippen LogP contribution in [0.1, 0.15) is 38.5 Å². The number of carbonyl (C=O) groups is 2. The van der Waals surface area contributed by atoms with Crippen LogP contribution in [0.3, 0.4) is 0 Å². The second-order valence-electron chi connectivity index (χ2n) is 10.5. The van der Waals surface area contributed by atoms with Gasteiger partial charge in [-0.1, -0.05) is 0 Å². The van der Waals surface area contributed by atoms with Crippen LogP contribution < -0.4 is 0 Å². The van der Waals surface area contributed by atoms with Crippen molar-refractivity contribution in [2.75, 3.05) is 46.8 Å². The molecule has 32 heavy (non-hydrogen) atoms. The second kappa shape index (κ2) is 9.14. The van der Waals surface area contributed by atoms with Gasteiger partial charge in [0.05, 0.1) is 0 Å². The summed E-state index contributed by atoms with van der Waals surface area (Å²) in [5.41, 5.74) is 0. The van der Waals surface area contributed by atoms with Gasteiger partial charge in [0.15, 0.2) is 0 Å². The molecule has 0 N–H and O–H groups in total. The first-order chi connectivity index (χ1) is 15.5. The van der Waals surface area contributed by atoms with Crippen LogP contribution in [-0.2, 0) is 16.1 Å². The van der Waals surface area contributed by atoms with Crippen molar-refractivity contribution in [2.24, 2.45) is 11.8 Å². The molecule has 1 aromatic rings. The number of likely N-dealkylation sites (tertiary alicyclic amines) is 2. The number of nitrogens with zero attached hydrogens (tertiary/aromatic N) is 6. The molecule has 5 rings (SSSR count). The molecular weight excluding hydrogens is 404 g/mol. The molecule has 5 heterocycles. The van der Waals surface area contributed by atoms with Crippen molar-refractivity contribution in [3.63, 3.8) is 0 Å². The summed E-state index contributed by atoms with van der Waals surface area (Å²) in [5.74, 6) is 1.17. The largest absolute Gasteiger partial charge is 0.339 e. The van der Waals surface area contributed by atoms with Gasteiger partial charge < -0.3 is 19.6 Å². The molecule has 0 unspecified atom stereocenters. The highest BCUT2D eigenvalue weighted by molar-refractivity contribution is 5.89. The Labute approximate surface area is 191 Å². The van der Waals surface area contributed by atoms with E-state index in [1.807, 2.05) is 28.0 Å². The molecule has 2 amide bonds. The maximum atomic E-state index is 13.8. The highest BCUT2D eigenvalue weighted by atomic mass is 16.2. The smallest absolute Gasteiger partial charge is 0.245 e. The zero-order valence-electron chi connectivity index (χ0n) is 19.6. The van der Waals surface area contributed by atoms with Crippen molar-refractivity contribution < 1.29 is 9.59 Å². The fourth-order valence-electron chi connectivity index (χ4n) is 6.69. The molecule has 0 saturated carbocycles. The normalized spacial score (nSPS) is 33.1. The summed E-state index contributed by atoms with van der Waals surface area (Å²) in [6.45, 7) is 5.54. The third-order valence-electron chi connectivity index (χ3n) is 8.30. The summed E-state index contributed by atoms with van der Waals surface area (Å²) in [4.78, 5) is 35.8. The van der Waals surface area contributed by atoms with Crippen LogP contribution >= 0.6 is 0 Å². The maximum Gasteiger partial charge on any atom is 0.245 e. The van der Waals surface area contributed by atoms with Gasteiger partial charge in [0, 0.05) is 69.5 Å². The van der Waals surface area contributed by atoms with Gasteiger partial charge in [-0.2, -0.15) is 5.10 Å². The first kappa shape index (κ1) is 21.9. The van der Waals surface area contributed by atoms with Gasteiger partial charge in [-0.25, -0.2) is 0 Å². The molecule has 5 atom stereocenters. The molecule has 4 aliphatic heterocycles. The molecule has 4 aliphatic rings. The van der Waals surface area contributed by atoms with E-state index >= 15 is 0 Å². The van der Waals surface area contributed by atoms with E-state index < -0.39 is 0 Å². The lowest BCUT2D eigenvalue weighted by Gasteiger charge is -2.56. The minimum atomic E-state index is -0.265. The molecule has 176 valence electrons. The zero-order chi connectivity index (χ0) is 22.2. The number of aromatic nitrogens is 2. The van der Waals surface area contributed by atoms with E-state index in [2.05, 4.69) is 33.9 Å².